The molecule has 0 spiro atoms. The minimum atomic E-state index is -0.800. The predicted octanol–water partition coefficient (Wildman–Crippen LogP) is 23.1. The molecule has 0 saturated carbocycles. The Hall–Kier alpha value is -3.41. The molecular formula is C72H126O6. The van der Waals surface area contributed by atoms with Crippen LogP contribution in [0.25, 0.3) is 0 Å². The van der Waals surface area contributed by atoms with E-state index < -0.39 is 6.10 Å². The zero-order chi connectivity index (χ0) is 56.4. The largest absolute Gasteiger partial charge is 0.462 e. The number of ether oxygens (including phenoxy) is 3. The Bertz CT molecular complexity index is 1480. The van der Waals surface area contributed by atoms with Gasteiger partial charge in [0.05, 0.1) is 0 Å². The fraction of sp³-hybridized carbons (Fsp3) is 0.764. The third-order valence-electron chi connectivity index (χ3n) is 14.6. The van der Waals surface area contributed by atoms with Gasteiger partial charge in [-0.2, -0.15) is 0 Å². The van der Waals surface area contributed by atoms with Crippen molar-refractivity contribution in [2.24, 2.45) is 0 Å². The third kappa shape index (κ3) is 63.4. The summed E-state index contributed by atoms with van der Waals surface area (Å²) in [7, 11) is 0. The molecular weight excluding hydrogens is 961 g/mol. The van der Waals surface area contributed by atoms with Crippen molar-refractivity contribution in [1.29, 1.82) is 0 Å². The minimum Gasteiger partial charge on any atom is -0.462 e. The maximum absolute atomic E-state index is 12.8. The Labute approximate surface area is 484 Å². The second-order valence-corrected chi connectivity index (χ2v) is 22.3. The number of rotatable bonds is 61. The van der Waals surface area contributed by atoms with Crippen molar-refractivity contribution in [3.63, 3.8) is 0 Å². The van der Waals surface area contributed by atoms with E-state index in [0.717, 1.165) is 103 Å². The molecule has 0 aliphatic rings. The Morgan fingerprint density at radius 3 is 0.872 bits per heavy atom. The van der Waals surface area contributed by atoms with E-state index in [1.807, 2.05) is 0 Å². The van der Waals surface area contributed by atoms with Gasteiger partial charge in [0.15, 0.2) is 6.10 Å². The van der Waals surface area contributed by atoms with Crippen LogP contribution in [-0.4, -0.2) is 37.2 Å². The zero-order valence-electron chi connectivity index (χ0n) is 51.7. The van der Waals surface area contributed by atoms with Gasteiger partial charge in [0.2, 0.25) is 0 Å². The van der Waals surface area contributed by atoms with Gasteiger partial charge >= 0.3 is 17.9 Å². The highest BCUT2D eigenvalue weighted by molar-refractivity contribution is 5.71. The molecule has 0 radical (unpaired) electrons. The summed E-state index contributed by atoms with van der Waals surface area (Å²) in [6, 6.07) is 0. The van der Waals surface area contributed by atoms with Gasteiger partial charge < -0.3 is 14.2 Å². The second-order valence-electron chi connectivity index (χ2n) is 22.3. The molecule has 0 heterocycles. The SMILES string of the molecule is CC/C=C\C/C=C\C/C=C\C/C=C\CCCCC(=O)OC(COC(=O)CCCCCCC/C=C\CCC)COC(=O)CCCCCCCCCCCCCCCCCCCCCCCCC/C=C\C/C=C\CCCCCCC. The quantitative estimate of drug-likeness (QED) is 0.0261. The lowest BCUT2D eigenvalue weighted by Crippen LogP contribution is -2.30. The van der Waals surface area contributed by atoms with Crippen LogP contribution >= 0.6 is 0 Å². The van der Waals surface area contributed by atoms with Gasteiger partial charge in [-0.05, 0) is 109 Å². The van der Waals surface area contributed by atoms with Crippen molar-refractivity contribution < 1.29 is 28.6 Å². The maximum atomic E-state index is 12.8. The number of carbonyl (C=O) groups is 3. The number of esters is 3. The molecule has 0 amide bonds. The van der Waals surface area contributed by atoms with Crippen LogP contribution in [0, 0.1) is 0 Å². The lowest BCUT2D eigenvalue weighted by atomic mass is 10.0. The van der Waals surface area contributed by atoms with Crippen LogP contribution in [0.3, 0.4) is 0 Å². The van der Waals surface area contributed by atoms with Crippen LogP contribution in [0.2, 0.25) is 0 Å². The van der Waals surface area contributed by atoms with Crippen LogP contribution in [0.4, 0.5) is 0 Å². The molecule has 0 rings (SSSR count). The fourth-order valence-electron chi connectivity index (χ4n) is 9.59. The first-order chi connectivity index (χ1) is 38.5. The molecule has 0 saturated heterocycles. The summed E-state index contributed by atoms with van der Waals surface area (Å²) in [6.45, 7) is 6.44. The summed E-state index contributed by atoms with van der Waals surface area (Å²) in [5, 5.41) is 0. The zero-order valence-corrected chi connectivity index (χ0v) is 51.7. The highest BCUT2D eigenvalue weighted by Gasteiger charge is 2.19. The van der Waals surface area contributed by atoms with Gasteiger partial charge in [-0.1, -0.05) is 292 Å². The first kappa shape index (κ1) is 74.6. The van der Waals surface area contributed by atoms with E-state index in [2.05, 4.69) is 106 Å². The lowest BCUT2D eigenvalue weighted by molar-refractivity contribution is -0.167. The van der Waals surface area contributed by atoms with Crippen molar-refractivity contribution in [3.05, 3.63) is 85.1 Å². The van der Waals surface area contributed by atoms with Gasteiger partial charge in [0.1, 0.15) is 13.2 Å². The van der Waals surface area contributed by atoms with Crippen LogP contribution in [-0.2, 0) is 28.6 Å². The molecule has 0 bridgehead atoms. The molecule has 6 heteroatoms. The van der Waals surface area contributed by atoms with E-state index in [9.17, 15) is 14.4 Å². The molecule has 6 nitrogen and oxygen atoms in total. The molecule has 0 aliphatic heterocycles. The van der Waals surface area contributed by atoms with E-state index in [4.69, 9.17) is 14.2 Å². The molecule has 0 aromatic carbocycles. The molecule has 0 fully saturated rings. The summed E-state index contributed by atoms with van der Waals surface area (Å²) >= 11 is 0. The highest BCUT2D eigenvalue weighted by Crippen LogP contribution is 2.17. The van der Waals surface area contributed by atoms with Gasteiger partial charge in [-0.25, -0.2) is 0 Å². The van der Waals surface area contributed by atoms with Gasteiger partial charge in [0.25, 0.3) is 0 Å². The first-order valence-corrected chi connectivity index (χ1v) is 33.6. The molecule has 450 valence electrons. The van der Waals surface area contributed by atoms with Gasteiger partial charge in [-0.3, -0.25) is 14.4 Å². The van der Waals surface area contributed by atoms with Crippen LogP contribution < -0.4 is 0 Å². The molecule has 0 aromatic heterocycles. The molecule has 78 heavy (non-hydrogen) atoms. The van der Waals surface area contributed by atoms with Crippen molar-refractivity contribution in [2.45, 2.75) is 341 Å². The maximum Gasteiger partial charge on any atom is 0.306 e. The Balaban J connectivity index is 4.04. The van der Waals surface area contributed by atoms with Gasteiger partial charge in [-0.15, -0.1) is 0 Å². The van der Waals surface area contributed by atoms with E-state index in [-0.39, 0.29) is 37.5 Å². The van der Waals surface area contributed by atoms with E-state index in [1.165, 1.54) is 186 Å². The topological polar surface area (TPSA) is 78.9 Å². The van der Waals surface area contributed by atoms with E-state index in [0.29, 0.717) is 19.3 Å². The summed E-state index contributed by atoms with van der Waals surface area (Å²) in [5.74, 6) is -0.936. The number of allylic oxidation sites excluding steroid dienone is 14. The average Bonchev–Trinajstić information content (AvgIpc) is 3.44. The summed E-state index contributed by atoms with van der Waals surface area (Å²) in [4.78, 5) is 38.1. The van der Waals surface area contributed by atoms with Crippen LogP contribution in [0.1, 0.15) is 335 Å². The van der Waals surface area contributed by atoms with Gasteiger partial charge in [0, 0.05) is 19.3 Å². The van der Waals surface area contributed by atoms with E-state index in [1.54, 1.807) is 0 Å². The fourth-order valence-corrected chi connectivity index (χ4v) is 9.59. The third-order valence-corrected chi connectivity index (χ3v) is 14.6. The standard InChI is InChI=1S/C72H126O6/c1-4-7-10-13-16-19-22-24-26-27-28-29-30-31-32-33-34-35-36-37-38-39-40-41-42-43-44-45-47-48-50-53-56-59-62-65-71(74)77-68-69(67-76-70(73)64-61-58-55-52-21-18-15-12-9-6-3)78-72(75)66-63-60-57-54-51-49-46-25-23-20-17-14-11-8-5-2/h8,11-12,15,17,20,22,24-25,27-28,46,51,54,69H,4-7,9-10,13-14,16,18-19,21,23,26,29-45,47-50,52-53,55-68H2,1-3H3/b11-8-,15-12-,20-17-,24-22-,28-27-,46-25-,54-51-. The average molecular weight is 1090 g/mol. The molecule has 0 N–H and O–H groups in total. The summed E-state index contributed by atoms with van der Waals surface area (Å²) in [5.41, 5.74) is 0. The summed E-state index contributed by atoms with van der Waals surface area (Å²) < 4.78 is 16.8. The van der Waals surface area contributed by atoms with Crippen molar-refractivity contribution >= 4 is 17.9 Å². The monoisotopic (exact) mass is 1090 g/mol. The lowest BCUT2D eigenvalue weighted by Gasteiger charge is -2.18. The number of hydrogen-bond donors (Lipinski definition) is 0. The summed E-state index contributed by atoms with van der Waals surface area (Å²) in [6.07, 6.45) is 87.9. The second kappa shape index (κ2) is 66.1. The van der Waals surface area contributed by atoms with E-state index >= 15 is 0 Å². The normalized spacial score (nSPS) is 12.6. The Morgan fingerprint density at radius 1 is 0.269 bits per heavy atom. The van der Waals surface area contributed by atoms with Crippen molar-refractivity contribution in [1.82, 2.24) is 0 Å². The first-order valence-electron chi connectivity index (χ1n) is 33.6. The van der Waals surface area contributed by atoms with Crippen LogP contribution in [0.5, 0.6) is 0 Å². The Morgan fingerprint density at radius 2 is 0.526 bits per heavy atom. The van der Waals surface area contributed by atoms with Crippen LogP contribution in [0.15, 0.2) is 85.1 Å². The Kier molecular flexibility index (Phi) is 63.2. The molecule has 1 unspecified atom stereocenters. The smallest absolute Gasteiger partial charge is 0.306 e. The molecule has 1 atom stereocenters. The minimum absolute atomic E-state index is 0.0932. The molecule has 0 aliphatic carbocycles. The number of carbonyl (C=O) groups excluding carboxylic acids is 3. The van der Waals surface area contributed by atoms with Crippen molar-refractivity contribution in [3.8, 4) is 0 Å². The van der Waals surface area contributed by atoms with Crippen molar-refractivity contribution in [2.75, 3.05) is 13.2 Å². The number of hydrogen-bond acceptors (Lipinski definition) is 6. The predicted molar refractivity (Wildman–Crippen MR) is 339 cm³/mol. The highest BCUT2D eigenvalue weighted by atomic mass is 16.6. The molecule has 0 aromatic rings. The number of unbranched alkanes of at least 4 members (excludes halogenated alkanes) is 36.